The third-order valence-corrected chi connectivity index (χ3v) is 5.29. The molecule has 3 heterocycles. The molecule has 0 aliphatic carbocycles. The Morgan fingerprint density at radius 1 is 1.19 bits per heavy atom. The van der Waals surface area contributed by atoms with Crippen LogP contribution in [0.1, 0.15) is 5.56 Å². The number of nitro groups is 1. The molecule has 0 saturated carbocycles. The Labute approximate surface area is 154 Å². The molecule has 4 rings (SSSR count). The molecule has 134 valence electrons. The number of aromatic nitrogens is 2. The van der Waals surface area contributed by atoms with Gasteiger partial charge < -0.3 is 15.0 Å². The van der Waals surface area contributed by atoms with Crippen LogP contribution in [-0.4, -0.2) is 51.9 Å². The van der Waals surface area contributed by atoms with Crippen molar-refractivity contribution in [3.05, 3.63) is 63.7 Å². The maximum atomic E-state index is 11.5. The van der Waals surface area contributed by atoms with Crippen LogP contribution in [0.15, 0.2) is 48.0 Å². The Morgan fingerprint density at radius 2 is 1.96 bits per heavy atom. The van der Waals surface area contributed by atoms with Crippen molar-refractivity contribution in [2.24, 2.45) is 0 Å². The number of rotatable bonds is 5. The fraction of sp³-hybridized carbons (Fsp3) is 0.278. The van der Waals surface area contributed by atoms with Gasteiger partial charge in [0.15, 0.2) is 0 Å². The number of benzene rings is 1. The van der Waals surface area contributed by atoms with E-state index in [1.165, 1.54) is 16.9 Å². The van der Waals surface area contributed by atoms with Crippen molar-refractivity contribution in [1.82, 2.24) is 14.3 Å². The standard InChI is InChI=1S/C18H19N5O2S/c24-23(25)17-16(19-18-22(17)13-14-26-18)21-11-9-20(10-12-21)8-4-7-15-5-2-1-3-6-15/h1-7,13-14H,8-12H2/b7-4+. The van der Waals surface area contributed by atoms with E-state index in [0.717, 1.165) is 32.7 Å². The largest absolute Gasteiger partial charge is 0.373 e. The SMILES string of the molecule is O=[N+]([O-])c1c(N2CCN(C/C=C/c3ccccc3)CC2)nc2sccn12. The van der Waals surface area contributed by atoms with Crippen molar-refractivity contribution >= 4 is 34.0 Å². The molecule has 26 heavy (non-hydrogen) atoms. The van der Waals surface area contributed by atoms with E-state index in [0.29, 0.717) is 10.8 Å². The number of imidazole rings is 1. The normalized spacial score (nSPS) is 15.9. The van der Waals surface area contributed by atoms with Crippen LogP contribution in [-0.2, 0) is 0 Å². The summed E-state index contributed by atoms with van der Waals surface area (Å²) in [6, 6.07) is 10.2. The molecule has 0 atom stereocenters. The number of piperazine rings is 1. The molecule has 0 radical (unpaired) electrons. The van der Waals surface area contributed by atoms with Crippen LogP contribution in [0.25, 0.3) is 11.0 Å². The minimum atomic E-state index is -0.336. The number of fused-ring (bicyclic) bond motifs is 1. The third-order valence-electron chi connectivity index (χ3n) is 4.54. The smallest absolute Gasteiger partial charge is 0.358 e. The van der Waals surface area contributed by atoms with Crippen molar-refractivity contribution in [2.75, 3.05) is 37.6 Å². The van der Waals surface area contributed by atoms with Gasteiger partial charge >= 0.3 is 5.82 Å². The minimum Gasteiger partial charge on any atom is -0.358 e. The van der Waals surface area contributed by atoms with Crippen LogP contribution in [0, 0.1) is 10.1 Å². The molecule has 0 N–H and O–H groups in total. The number of anilines is 1. The Morgan fingerprint density at radius 3 is 2.69 bits per heavy atom. The first-order valence-electron chi connectivity index (χ1n) is 8.51. The van der Waals surface area contributed by atoms with Crippen LogP contribution >= 0.6 is 11.3 Å². The maximum Gasteiger partial charge on any atom is 0.373 e. The monoisotopic (exact) mass is 369 g/mol. The molecule has 7 nitrogen and oxygen atoms in total. The van der Waals surface area contributed by atoms with Gasteiger partial charge in [-0.3, -0.25) is 4.90 Å². The van der Waals surface area contributed by atoms with Crippen molar-refractivity contribution in [2.45, 2.75) is 0 Å². The Kier molecular flexibility index (Phi) is 4.68. The van der Waals surface area contributed by atoms with Crippen LogP contribution in [0.3, 0.4) is 0 Å². The van der Waals surface area contributed by atoms with Crippen molar-refractivity contribution in [3.63, 3.8) is 0 Å². The molecule has 0 bridgehead atoms. The quantitative estimate of drug-likeness (QED) is 0.511. The van der Waals surface area contributed by atoms with Crippen molar-refractivity contribution in [3.8, 4) is 0 Å². The lowest BCUT2D eigenvalue weighted by atomic mass is 10.2. The van der Waals surface area contributed by atoms with Gasteiger partial charge in [0, 0.05) is 38.1 Å². The van der Waals surface area contributed by atoms with E-state index < -0.39 is 0 Å². The zero-order chi connectivity index (χ0) is 17.9. The zero-order valence-electron chi connectivity index (χ0n) is 14.2. The molecule has 1 fully saturated rings. The second kappa shape index (κ2) is 7.27. The topological polar surface area (TPSA) is 66.9 Å². The Bertz CT molecular complexity index is 926. The summed E-state index contributed by atoms with van der Waals surface area (Å²) < 4.78 is 1.56. The zero-order valence-corrected chi connectivity index (χ0v) is 15.0. The van der Waals surface area contributed by atoms with Crippen molar-refractivity contribution in [1.29, 1.82) is 0 Å². The first-order chi connectivity index (χ1) is 12.7. The average molecular weight is 369 g/mol. The lowest BCUT2D eigenvalue weighted by Gasteiger charge is -2.33. The molecule has 8 heteroatoms. The van der Waals surface area contributed by atoms with Crippen LogP contribution in [0.4, 0.5) is 11.6 Å². The first-order valence-corrected chi connectivity index (χ1v) is 9.39. The van der Waals surface area contributed by atoms with E-state index in [9.17, 15) is 10.1 Å². The highest BCUT2D eigenvalue weighted by Crippen LogP contribution is 2.31. The van der Waals surface area contributed by atoms with E-state index in [-0.39, 0.29) is 10.7 Å². The van der Waals surface area contributed by atoms with Gasteiger partial charge in [0.2, 0.25) is 5.82 Å². The molecule has 1 aromatic carbocycles. The van der Waals surface area contributed by atoms with Gasteiger partial charge in [-0.05, 0) is 10.5 Å². The molecule has 3 aromatic rings. The van der Waals surface area contributed by atoms with Gasteiger partial charge in [0.1, 0.15) is 6.20 Å². The van der Waals surface area contributed by atoms with Gasteiger partial charge in [0.05, 0.1) is 0 Å². The average Bonchev–Trinajstić information content (AvgIpc) is 3.24. The van der Waals surface area contributed by atoms with Gasteiger partial charge in [-0.15, -0.1) is 0 Å². The molecule has 1 aliphatic heterocycles. The Hall–Kier alpha value is -2.71. The summed E-state index contributed by atoms with van der Waals surface area (Å²) >= 11 is 1.41. The highest BCUT2D eigenvalue weighted by molar-refractivity contribution is 7.15. The van der Waals surface area contributed by atoms with Gasteiger partial charge in [-0.2, -0.15) is 9.38 Å². The summed E-state index contributed by atoms with van der Waals surface area (Å²) in [4.78, 5) is 20.7. The summed E-state index contributed by atoms with van der Waals surface area (Å²) in [5.74, 6) is 0.556. The summed E-state index contributed by atoms with van der Waals surface area (Å²) in [6.45, 7) is 4.09. The highest BCUT2D eigenvalue weighted by Gasteiger charge is 2.29. The molecular weight excluding hydrogens is 350 g/mol. The molecule has 0 unspecified atom stereocenters. The van der Waals surface area contributed by atoms with E-state index in [1.807, 2.05) is 28.5 Å². The van der Waals surface area contributed by atoms with Crippen LogP contribution in [0.5, 0.6) is 0 Å². The molecule has 1 saturated heterocycles. The summed E-state index contributed by atoms with van der Waals surface area (Å²) in [7, 11) is 0. The summed E-state index contributed by atoms with van der Waals surface area (Å²) in [6.07, 6.45) is 6.00. The predicted molar refractivity (Wildman–Crippen MR) is 104 cm³/mol. The van der Waals surface area contributed by atoms with Crippen molar-refractivity contribution < 1.29 is 4.92 Å². The molecule has 1 aliphatic rings. The van der Waals surface area contributed by atoms with Gasteiger partial charge in [0.25, 0.3) is 4.96 Å². The second-order valence-corrected chi connectivity index (χ2v) is 7.05. The minimum absolute atomic E-state index is 0.0682. The summed E-state index contributed by atoms with van der Waals surface area (Å²) in [5, 5.41) is 13.3. The number of thiazole rings is 1. The van der Waals surface area contributed by atoms with E-state index in [1.54, 1.807) is 10.6 Å². The van der Waals surface area contributed by atoms with E-state index >= 15 is 0 Å². The number of nitrogens with zero attached hydrogens (tertiary/aromatic N) is 5. The van der Waals surface area contributed by atoms with Crippen LogP contribution in [0.2, 0.25) is 0 Å². The van der Waals surface area contributed by atoms with Crippen LogP contribution < -0.4 is 4.90 Å². The second-order valence-electron chi connectivity index (χ2n) is 6.17. The first kappa shape index (κ1) is 16.7. The number of hydrogen-bond donors (Lipinski definition) is 0. The highest BCUT2D eigenvalue weighted by atomic mass is 32.1. The molecule has 2 aromatic heterocycles. The van der Waals surface area contributed by atoms with E-state index in [2.05, 4.69) is 34.2 Å². The lowest BCUT2D eigenvalue weighted by Crippen LogP contribution is -2.46. The third kappa shape index (κ3) is 3.33. The lowest BCUT2D eigenvalue weighted by molar-refractivity contribution is -0.389. The summed E-state index contributed by atoms with van der Waals surface area (Å²) in [5.41, 5.74) is 1.19. The molecular formula is C18H19N5O2S. The fourth-order valence-corrected chi connectivity index (χ4v) is 3.89. The van der Waals surface area contributed by atoms with Gasteiger partial charge in [-0.25, -0.2) is 0 Å². The van der Waals surface area contributed by atoms with E-state index in [4.69, 9.17) is 0 Å². The number of hydrogen-bond acceptors (Lipinski definition) is 6. The maximum absolute atomic E-state index is 11.5. The fourth-order valence-electron chi connectivity index (χ4n) is 3.19. The Balaban J connectivity index is 1.39. The predicted octanol–water partition coefficient (Wildman–Crippen LogP) is 3.14. The van der Waals surface area contributed by atoms with Gasteiger partial charge in [-0.1, -0.05) is 53.8 Å². The molecule has 0 spiro atoms. The molecule has 0 amide bonds.